The molecule has 32 heavy (non-hydrogen) atoms. The Morgan fingerprint density at radius 1 is 0.844 bits per heavy atom. The number of aliphatic hydroxyl groups excluding tert-OH is 4. The van der Waals surface area contributed by atoms with Crippen LogP contribution in [0.5, 0.6) is 28.7 Å². The fourth-order valence-electron chi connectivity index (χ4n) is 4.60. The normalized spacial score (nSPS) is 34.1. The lowest BCUT2D eigenvalue weighted by Gasteiger charge is -2.39. The molecular weight excluding hydrogens is 424 g/mol. The summed E-state index contributed by atoms with van der Waals surface area (Å²) in [6.07, 6.45) is -7.01. The van der Waals surface area contributed by atoms with Crippen LogP contribution in [-0.2, 0) is 4.74 Å². The first-order chi connectivity index (χ1) is 15.5. The minimum Gasteiger partial charge on any atom is -0.492 e. The van der Waals surface area contributed by atoms with Crippen molar-refractivity contribution in [1.29, 1.82) is 0 Å². The van der Waals surface area contributed by atoms with Crippen LogP contribution < -0.4 is 23.7 Å². The van der Waals surface area contributed by atoms with Crippen LogP contribution in [0.2, 0.25) is 0 Å². The summed E-state index contributed by atoms with van der Waals surface area (Å²) in [4.78, 5) is 0. The second kappa shape index (κ2) is 7.39. The first-order valence-electron chi connectivity index (χ1n) is 10.4. The predicted octanol–water partition coefficient (Wildman–Crippen LogP) is 0.204. The predicted molar refractivity (Wildman–Crippen MR) is 105 cm³/mol. The third-order valence-electron chi connectivity index (χ3n) is 6.33. The zero-order valence-corrected chi connectivity index (χ0v) is 16.8. The molecule has 4 N–H and O–H groups in total. The molecule has 2 aromatic carbocycles. The summed E-state index contributed by atoms with van der Waals surface area (Å²) in [5.41, 5.74) is 1.85. The molecule has 0 bridgehead atoms. The van der Waals surface area contributed by atoms with Gasteiger partial charge in [-0.05, 0) is 18.2 Å². The average Bonchev–Trinajstić information content (AvgIpc) is 3.41. The van der Waals surface area contributed by atoms with Gasteiger partial charge in [0.15, 0.2) is 11.5 Å². The lowest BCUT2D eigenvalue weighted by atomic mass is 9.89. The van der Waals surface area contributed by atoms with E-state index in [1.54, 1.807) is 12.1 Å². The summed E-state index contributed by atoms with van der Waals surface area (Å²) in [5, 5.41) is 39.4. The van der Waals surface area contributed by atoms with Crippen LogP contribution in [0.25, 0.3) is 0 Å². The van der Waals surface area contributed by atoms with E-state index in [-0.39, 0.29) is 18.8 Å². The van der Waals surface area contributed by atoms with Crippen molar-refractivity contribution in [2.24, 2.45) is 0 Å². The van der Waals surface area contributed by atoms with Gasteiger partial charge in [0.05, 0.1) is 19.1 Å². The van der Waals surface area contributed by atoms with Gasteiger partial charge in [0, 0.05) is 23.3 Å². The van der Waals surface area contributed by atoms with E-state index in [0.717, 1.165) is 16.9 Å². The maximum atomic E-state index is 10.2. The lowest BCUT2D eigenvalue weighted by molar-refractivity contribution is -0.277. The van der Waals surface area contributed by atoms with Gasteiger partial charge >= 0.3 is 0 Å². The molecule has 10 heteroatoms. The molecule has 4 aliphatic rings. The Morgan fingerprint density at radius 3 is 2.47 bits per heavy atom. The highest BCUT2D eigenvalue weighted by Crippen LogP contribution is 2.54. The molecule has 1 saturated heterocycles. The SMILES string of the molecule is OC[C@H]1O[C@@H](Oc2ccc3c(c2)OC[C@@H]2c4cc5c(cc4O[C@H]32)OCO5)[C@H](O)[C@@H](O)[C@H]1O. The highest BCUT2D eigenvalue weighted by molar-refractivity contribution is 5.57. The van der Waals surface area contributed by atoms with E-state index in [4.69, 9.17) is 28.4 Å². The van der Waals surface area contributed by atoms with Crippen molar-refractivity contribution >= 4 is 0 Å². The average molecular weight is 446 g/mol. The number of ether oxygens (including phenoxy) is 6. The number of hydrogen-bond acceptors (Lipinski definition) is 10. The Labute approximate surface area is 182 Å². The van der Waals surface area contributed by atoms with Gasteiger partial charge in [0.25, 0.3) is 0 Å². The monoisotopic (exact) mass is 446 g/mol. The molecule has 4 heterocycles. The minimum absolute atomic E-state index is 0.00390. The molecule has 170 valence electrons. The Morgan fingerprint density at radius 2 is 1.66 bits per heavy atom. The summed E-state index contributed by atoms with van der Waals surface area (Å²) in [5.74, 6) is 3.00. The van der Waals surface area contributed by atoms with Gasteiger partial charge in [-0.25, -0.2) is 0 Å². The van der Waals surface area contributed by atoms with Crippen molar-refractivity contribution in [3.8, 4) is 28.7 Å². The molecule has 2 aromatic rings. The first kappa shape index (κ1) is 19.9. The van der Waals surface area contributed by atoms with Crippen molar-refractivity contribution in [2.45, 2.75) is 42.7 Å². The lowest BCUT2D eigenvalue weighted by Crippen LogP contribution is -2.60. The van der Waals surface area contributed by atoms with Gasteiger partial charge in [-0.2, -0.15) is 0 Å². The molecule has 0 aliphatic carbocycles. The number of hydrogen-bond donors (Lipinski definition) is 4. The maximum absolute atomic E-state index is 10.2. The Balaban J connectivity index is 1.23. The van der Waals surface area contributed by atoms with Crippen LogP contribution in [-0.4, -0.2) is 71.1 Å². The van der Waals surface area contributed by atoms with E-state index < -0.39 is 37.3 Å². The number of rotatable bonds is 3. The van der Waals surface area contributed by atoms with Crippen LogP contribution in [0, 0.1) is 0 Å². The van der Waals surface area contributed by atoms with Crippen molar-refractivity contribution in [3.63, 3.8) is 0 Å². The van der Waals surface area contributed by atoms with E-state index in [0.29, 0.717) is 29.6 Å². The van der Waals surface area contributed by atoms with Crippen LogP contribution in [0.15, 0.2) is 30.3 Å². The van der Waals surface area contributed by atoms with Gasteiger partial charge in [-0.1, -0.05) is 0 Å². The highest BCUT2D eigenvalue weighted by atomic mass is 16.7. The summed E-state index contributed by atoms with van der Waals surface area (Å²) >= 11 is 0. The van der Waals surface area contributed by atoms with E-state index >= 15 is 0 Å². The summed E-state index contributed by atoms with van der Waals surface area (Å²) in [7, 11) is 0. The molecule has 10 nitrogen and oxygen atoms in total. The van der Waals surface area contributed by atoms with Crippen LogP contribution >= 0.6 is 0 Å². The number of fused-ring (bicyclic) bond motifs is 6. The fourth-order valence-corrected chi connectivity index (χ4v) is 4.60. The van der Waals surface area contributed by atoms with Crippen molar-refractivity contribution in [2.75, 3.05) is 20.0 Å². The minimum atomic E-state index is -1.51. The number of aliphatic hydroxyl groups is 4. The zero-order chi connectivity index (χ0) is 22.0. The van der Waals surface area contributed by atoms with Gasteiger partial charge in [0.2, 0.25) is 13.1 Å². The van der Waals surface area contributed by atoms with Gasteiger partial charge in [-0.15, -0.1) is 0 Å². The third kappa shape index (κ3) is 2.99. The molecule has 0 saturated carbocycles. The Bertz CT molecular complexity index is 1040. The summed E-state index contributed by atoms with van der Waals surface area (Å²) in [6, 6.07) is 8.94. The quantitative estimate of drug-likeness (QED) is 0.518. The zero-order valence-electron chi connectivity index (χ0n) is 16.8. The van der Waals surface area contributed by atoms with Crippen LogP contribution in [0.1, 0.15) is 23.1 Å². The Hall–Kier alpha value is -2.76. The van der Waals surface area contributed by atoms with Crippen LogP contribution in [0.3, 0.4) is 0 Å². The van der Waals surface area contributed by atoms with E-state index in [2.05, 4.69) is 0 Å². The van der Waals surface area contributed by atoms with Crippen LogP contribution in [0.4, 0.5) is 0 Å². The van der Waals surface area contributed by atoms with E-state index in [9.17, 15) is 20.4 Å². The Kier molecular flexibility index (Phi) is 4.60. The molecule has 1 fully saturated rings. The van der Waals surface area contributed by atoms with Gasteiger partial charge in [-0.3, -0.25) is 0 Å². The molecule has 6 rings (SSSR count). The van der Waals surface area contributed by atoms with Gasteiger partial charge in [0.1, 0.15) is 47.8 Å². The molecular formula is C22H22O10. The van der Waals surface area contributed by atoms with Gasteiger partial charge < -0.3 is 48.8 Å². The first-order valence-corrected chi connectivity index (χ1v) is 10.4. The smallest absolute Gasteiger partial charge is 0.231 e. The second-order valence-electron chi connectivity index (χ2n) is 8.21. The standard InChI is InChI=1S/C22H22O10/c23-6-17-18(24)19(25)20(26)22(32-17)30-9-1-2-10-13(3-9)27-7-12-11-4-15-16(29-8-28-15)5-14(11)31-21(10)12/h1-5,12,17-26H,6-8H2/t12-,17-,18+,19+,20-,21-,22-/m1/s1. The number of benzene rings is 2. The summed E-state index contributed by atoms with van der Waals surface area (Å²) < 4.78 is 34.2. The van der Waals surface area contributed by atoms with E-state index in [1.165, 1.54) is 0 Å². The maximum Gasteiger partial charge on any atom is 0.231 e. The fraction of sp³-hybridized carbons (Fsp3) is 0.455. The molecule has 0 spiro atoms. The van der Waals surface area contributed by atoms with Crippen molar-refractivity contribution in [1.82, 2.24) is 0 Å². The largest absolute Gasteiger partial charge is 0.492 e. The second-order valence-corrected chi connectivity index (χ2v) is 8.21. The topological polar surface area (TPSA) is 136 Å². The summed E-state index contributed by atoms with van der Waals surface area (Å²) in [6.45, 7) is 0.0648. The molecule has 0 aromatic heterocycles. The molecule has 0 radical (unpaired) electrons. The van der Waals surface area contributed by atoms with Crippen molar-refractivity contribution in [3.05, 3.63) is 41.5 Å². The molecule has 7 atom stereocenters. The third-order valence-corrected chi connectivity index (χ3v) is 6.33. The van der Waals surface area contributed by atoms with Crippen molar-refractivity contribution < 1.29 is 48.8 Å². The highest BCUT2D eigenvalue weighted by Gasteiger charge is 2.45. The van der Waals surface area contributed by atoms with E-state index in [1.807, 2.05) is 18.2 Å². The molecule has 0 unspecified atom stereocenters. The molecule has 4 aliphatic heterocycles. The molecule has 0 amide bonds.